The maximum atomic E-state index is 14.0. The number of alkyl halides is 3. The van der Waals surface area contributed by atoms with Gasteiger partial charge in [0.05, 0.1) is 5.69 Å². The van der Waals surface area contributed by atoms with Gasteiger partial charge in [0.1, 0.15) is 23.7 Å². The second-order valence-electron chi connectivity index (χ2n) is 10.8. The molecule has 0 amide bonds. The van der Waals surface area contributed by atoms with Gasteiger partial charge in [0.2, 0.25) is 0 Å². The van der Waals surface area contributed by atoms with Gasteiger partial charge in [-0.1, -0.05) is 78.9 Å². The Morgan fingerprint density at radius 3 is 2.19 bits per heavy atom. The standard InChI is InChI=1S/C34H31F3N2O4/c1-22-27(33(40)42-26-15-9-4-10-16-26)32(41-21-24-13-7-3-8-14-24)29-28(31(22)43-34(35,36)37)30-25(19-38-29)17-18-39(30)20-23-11-5-2-6-12-23/h2-16,25,30,38H,17-21H2,1H3. The van der Waals surface area contributed by atoms with E-state index < -0.39 is 18.1 Å². The van der Waals surface area contributed by atoms with Gasteiger partial charge >= 0.3 is 12.3 Å². The normalized spacial score (nSPS) is 17.9. The summed E-state index contributed by atoms with van der Waals surface area (Å²) in [5, 5.41) is 3.33. The Labute approximate surface area is 248 Å². The van der Waals surface area contributed by atoms with Crippen molar-refractivity contribution in [1.82, 2.24) is 4.90 Å². The van der Waals surface area contributed by atoms with Crippen LogP contribution in [0, 0.1) is 12.8 Å². The smallest absolute Gasteiger partial charge is 0.486 e. The molecule has 2 unspecified atom stereocenters. The lowest BCUT2D eigenvalue weighted by molar-refractivity contribution is -0.275. The van der Waals surface area contributed by atoms with Crippen LogP contribution < -0.4 is 19.5 Å². The third-order valence-electron chi connectivity index (χ3n) is 7.98. The fraction of sp³-hybridized carbons (Fsp3) is 0.265. The minimum Gasteiger partial charge on any atom is -0.486 e. The first kappa shape index (κ1) is 28.6. The van der Waals surface area contributed by atoms with Crippen molar-refractivity contribution in [2.45, 2.75) is 38.9 Å². The molecule has 222 valence electrons. The van der Waals surface area contributed by atoms with Crippen molar-refractivity contribution in [2.75, 3.05) is 18.4 Å². The number of halogens is 3. The summed E-state index contributed by atoms with van der Waals surface area (Å²) >= 11 is 0. The number of hydrogen-bond donors (Lipinski definition) is 1. The second-order valence-corrected chi connectivity index (χ2v) is 10.8. The van der Waals surface area contributed by atoms with Crippen molar-refractivity contribution >= 4 is 11.7 Å². The summed E-state index contributed by atoms with van der Waals surface area (Å²) in [5.74, 6) is -0.781. The molecule has 2 atom stereocenters. The predicted molar refractivity (Wildman–Crippen MR) is 156 cm³/mol. The molecule has 2 aliphatic heterocycles. The highest BCUT2D eigenvalue weighted by atomic mass is 19.4. The lowest BCUT2D eigenvalue weighted by atomic mass is 9.85. The number of rotatable bonds is 8. The largest absolute Gasteiger partial charge is 0.573 e. The van der Waals surface area contributed by atoms with E-state index in [0.717, 1.165) is 17.5 Å². The van der Waals surface area contributed by atoms with Gasteiger partial charge in [-0.3, -0.25) is 4.90 Å². The van der Waals surface area contributed by atoms with Crippen molar-refractivity contribution in [2.24, 2.45) is 5.92 Å². The van der Waals surface area contributed by atoms with E-state index in [9.17, 15) is 18.0 Å². The van der Waals surface area contributed by atoms with Gasteiger partial charge in [-0.15, -0.1) is 13.2 Å². The molecule has 6 rings (SSSR count). The molecule has 0 aromatic heterocycles. The maximum absolute atomic E-state index is 14.0. The number of ether oxygens (including phenoxy) is 3. The summed E-state index contributed by atoms with van der Waals surface area (Å²) in [7, 11) is 0. The number of esters is 1. The van der Waals surface area contributed by atoms with Crippen molar-refractivity contribution in [1.29, 1.82) is 0 Å². The lowest BCUT2D eigenvalue weighted by Gasteiger charge is -2.38. The number of para-hydroxylation sites is 1. The zero-order chi connectivity index (χ0) is 30.0. The van der Waals surface area contributed by atoms with Gasteiger partial charge < -0.3 is 19.5 Å². The number of hydrogen-bond acceptors (Lipinski definition) is 6. The summed E-state index contributed by atoms with van der Waals surface area (Å²) in [4.78, 5) is 15.9. The Bertz CT molecular complexity index is 1580. The van der Waals surface area contributed by atoms with Crippen LogP contribution in [0.2, 0.25) is 0 Å². The average molecular weight is 589 g/mol. The van der Waals surface area contributed by atoms with E-state index in [2.05, 4.69) is 10.2 Å². The van der Waals surface area contributed by atoms with Crippen molar-refractivity contribution in [3.05, 3.63) is 119 Å². The molecule has 6 nitrogen and oxygen atoms in total. The fourth-order valence-corrected chi connectivity index (χ4v) is 6.11. The number of likely N-dealkylation sites (tertiary alicyclic amines) is 1. The summed E-state index contributed by atoms with van der Waals surface area (Å²) < 4.78 is 58.8. The minimum absolute atomic E-state index is 0.00841. The van der Waals surface area contributed by atoms with Crippen molar-refractivity contribution < 1.29 is 32.2 Å². The first-order chi connectivity index (χ1) is 20.8. The number of nitrogens with zero attached hydrogens (tertiary/aromatic N) is 1. The van der Waals surface area contributed by atoms with Crippen LogP contribution in [0.3, 0.4) is 0 Å². The first-order valence-electron chi connectivity index (χ1n) is 14.2. The van der Waals surface area contributed by atoms with Gasteiger partial charge in [0, 0.05) is 30.3 Å². The van der Waals surface area contributed by atoms with Crippen LogP contribution in [0.15, 0.2) is 91.0 Å². The van der Waals surface area contributed by atoms with Gasteiger partial charge in [0.25, 0.3) is 0 Å². The summed E-state index contributed by atoms with van der Waals surface area (Å²) in [6.45, 7) is 3.32. The van der Waals surface area contributed by atoms with Crippen LogP contribution in [-0.2, 0) is 13.2 Å². The molecule has 0 radical (unpaired) electrons. The molecule has 0 bridgehead atoms. The molecule has 43 heavy (non-hydrogen) atoms. The SMILES string of the molecule is Cc1c(OC(F)(F)F)c2c(c(OCc3ccccc3)c1C(=O)Oc1ccccc1)NCC1CCN(Cc3ccccc3)C21. The lowest BCUT2D eigenvalue weighted by Crippen LogP contribution is -2.34. The number of nitrogens with one attached hydrogen (secondary N) is 1. The molecule has 1 saturated heterocycles. The van der Waals surface area contributed by atoms with Crippen molar-refractivity contribution in [3.63, 3.8) is 0 Å². The Morgan fingerprint density at radius 2 is 1.53 bits per heavy atom. The Balaban J connectivity index is 1.50. The van der Waals surface area contributed by atoms with E-state index in [1.54, 1.807) is 30.3 Å². The van der Waals surface area contributed by atoms with Gasteiger partial charge in [0.15, 0.2) is 5.75 Å². The Hall–Kier alpha value is -4.50. The van der Waals surface area contributed by atoms with E-state index in [-0.39, 0.29) is 41.2 Å². The Morgan fingerprint density at radius 1 is 0.907 bits per heavy atom. The van der Waals surface area contributed by atoms with Crippen LogP contribution in [-0.4, -0.2) is 30.3 Å². The number of fused-ring (bicyclic) bond motifs is 3. The van der Waals surface area contributed by atoms with Crippen LogP contribution in [0.25, 0.3) is 0 Å². The number of benzene rings is 4. The third-order valence-corrected chi connectivity index (χ3v) is 7.98. The molecule has 1 fully saturated rings. The quantitative estimate of drug-likeness (QED) is 0.168. The molecule has 2 heterocycles. The Kier molecular flexibility index (Phi) is 7.99. The van der Waals surface area contributed by atoms with Gasteiger partial charge in [-0.05, 0) is 49.1 Å². The highest BCUT2D eigenvalue weighted by Gasteiger charge is 2.46. The molecule has 9 heteroatoms. The van der Waals surface area contributed by atoms with E-state index >= 15 is 0 Å². The van der Waals surface area contributed by atoms with Crippen LogP contribution in [0.1, 0.15) is 45.1 Å². The molecule has 4 aromatic rings. The third kappa shape index (κ3) is 6.17. The summed E-state index contributed by atoms with van der Waals surface area (Å²) in [6.07, 6.45) is -4.19. The highest BCUT2D eigenvalue weighted by molar-refractivity contribution is 6.00. The zero-order valence-corrected chi connectivity index (χ0v) is 23.6. The highest BCUT2D eigenvalue weighted by Crippen LogP contribution is 2.55. The van der Waals surface area contributed by atoms with Crippen LogP contribution in [0.5, 0.6) is 17.2 Å². The van der Waals surface area contributed by atoms with Crippen LogP contribution in [0.4, 0.5) is 18.9 Å². The number of carbonyl (C=O) groups is 1. The number of carbonyl (C=O) groups excluding carboxylic acids is 1. The van der Waals surface area contributed by atoms with E-state index in [1.165, 1.54) is 6.92 Å². The molecule has 0 spiro atoms. The molecular weight excluding hydrogens is 557 g/mol. The molecule has 2 aliphatic rings. The number of anilines is 1. The van der Waals surface area contributed by atoms with Gasteiger partial charge in [-0.25, -0.2) is 4.79 Å². The van der Waals surface area contributed by atoms with Crippen molar-refractivity contribution in [3.8, 4) is 17.2 Å². The average Bonchev–Trinajstić information content (AvgIpc) is 3.41. The molecule has 1 N–H and O–H groups in total. The van der Waals surface area contributed by atoms with Crippen LogP contribution >= 0.6 is 0 Å². The van der Waals surface area contributed by atoms with Gasteiger partial charge in [-0.2, -0.15) is 0 Å². The molecule has 4 aromatic carbocycles. The monoisotopic (exact) mass is 588 g/mol. The van der Waals surface area contributed by atoms with E-state index in [4.69, 9.17) is 14.2 Å². The molecule has 0 saturated carbocycles. The zero-order valence-electron chi connectivity index (χ0n) is 23.6. The van der Waals surface area contributed by atoms with E-state index in [1.807, 2.05) is 60.7 Å². The summed E-state index contributed by atoms with van der Waals surface area (Å²) in [6, 6.07) is 27.2. The molecule has 0 aliphatic carbocycles. The minimum atomic E-state index is -4.98. The predicted octanol–water partition coefficient (Wildman–Crippen LogP) is 7.68. The molecular formula is C34H31F3N2O4. The topological polar surface area (TPSA) is 60.0 Å². The van der Waals surface area contributed by atoms with E-state index in [0.29, 0.717) is 30.9 Å². The second kappa shape index (κ2) is 12.0. The summed E-state index contributed by atoms with van der Waals surface area (Å²) in [5.41, 5.74) is 2.46. The maximum Gasteiger partial charge on any atom is 0.573 e. The first-order valence-corrected chi connectivity index (χ1v) is 14.2. The fourth-order valence-electron chi connectivity index (χ4n) is 6.11.